The van der Waals surface area contributed by atoms with Gasteiger partial charge in [0.05, 0.1) is 29.3 Å². The lowest BCUT2D eigenvalue weighted by Gasteiger charge is -2.34. The van der Waals surface area contributed by atoms with Crippen LogP contribution in [0.5, 0.6) is 11.5 Å². The molecule has 31 heavy (non-hydrogen) atoms. The number of rotatable bonds is 5. The fourth-order valence-corrected chi connectivity index (χ4v) is 5.29. The molecule has 0 saturated carbocycles. The second-order valence-corrected chi connectivity index (χ2v) is 10.3. The molecular formula is C21H23N3O5S2. The van der Waals surface area contributed by atoms with Crippen LogP contribution in [0.1, 0.15) is 10.4 Å². The first kappa shape index (κ1) is 21.4. The molecule has 1 amide bonds. The van der Waals surface area contributed by atoms with E-state index < -0.39 is 9.84 Å². The molecular weight excluding hydrogens is 438 g/mol. The third-order valence-corrected chi connectivity index (χ3v) is 7.43. The number of fused-ring (bicyclic) bond motifs is 1. The van der Waals surface area contributed by atoms with E-state index in [0.29, 0.717) is 48.1 Å². The Morgan fingerprint density at radius 3 is 2.35 bits per heavy atom. The van der Waals surface area contributed by atoms with Gasteiger partial charge in [0.15, 0.2) is 26.5 Å². The van der Waals surface area contributed by atoms with Crippen LogP contribution in [0.15, 0.2) is 41.3 Å². The highest BCUT2D eigenvalue weighted by molar-refractivity contribution is 7.90. The number of hydrogen-bond donors (Lipinski definition) is 0. The lowest BCUT2D eigenvalue weighted by Crippen LogP contribution is -2.48. The highest BCUT2D eigenvalue weighted by atomic mass is 32.2. The Morgan fingerprint density at radius 2 is 1.71 bits per heavy atom. The zero-order valence-corrected chi connectivity index (χ0v) is 19.1. The molecule has 10 heteroatoms. The minimum absolute atomic E-state index is 0.0531. The minimum atomic E-state index is -3.26. The molecule has 8 nitrogen and oxygen atoms in total. The molecule has 0 spiro atoms. The Morgan fingerprint density at radius 1 is 1.00 bits per heavy atom. The van der Waals surface area contributed by atoms with Crippen LogP contribution >= 0.6 is 11.3 Å². The molecule has 2 aromatic carbocycles. The van der Waals surface area contributed by atoms with Gasteiger partial charge in [0, 0.05) is 38.0 Å². The highest BCUT2D eigenvalue weighted by Gasteiger charge is 2.25. The summed E-state index contributed by atoms with van der Waals surface area (Å²) in [6.45, 7) is 2.44. The molecule has 2 heterocycles. The Kier molecular flexibility index (Phi) is 5.76. The number of benzene rings is 2. The summed E-state index contributed by atoms with van der Waals surface area (Å²) in [6.07, 6.45) is 1.20. The van der Waals surface area contributed by atoms with Gasteiger partial charge in [-0.05, 0) is 36.4 Å². The standard InChI is InChI=1S/C21H23N3O5S2/c1-28-17-7-4-14(12-18(17)29-2)20(25)23-8-10-24(11-9-23)21-22-16-6-5-15(31(3,26)27)13-19(16)30-21/h4-7,12-13H,8-11H2,1-3H3. The van der Waals surface area contributed by atoms with Crippen LogP contribution in [0.3, 0.4) is 0 Å². The maximum atomic E-state index is 12.9. The number of hydrogen-bond acceptors (Lipinski definition) is 8. The van der Waals surface area contributed by atoms with Crippen molar-refractivity contribution < 1.29 is 22.7 Å². The van der Waals surface area contributed by atoms with Gasteiger partial charge in [-0.1, -0.05) is 11.3 Å². The molecule has 1 fully saturated rings. The molecule has 164 valence electrons. The van der Waals surface area contributed by atoms with E-state index in [1.54, 1.807) is 50.6 Å². The Balaban J connectivity index is 1.46. The monoisotopic (exact) mass is 461 g/mol. The van der Waals surface area contributed by atoms with Gasteiger partial charge in [-0.25, -0.2) is 13.4 Å². The first-order valence-electron chi connectivity index (χ1n) is 9.67. The average molecular weight is 462 g/mol. The van der Waals surface area contributed by atoms with Gasteiger partial charge in [-0.3, -0.25) is 4.79 Å². The van der Waals surface area contributed by atoms with Gasteiger partial charge >= 0.3 is 0 Å². The molecule has 3 aromatic rings. The van der Waals surface area contributed by atoms with E-state index in [4.69, 9.17) is 9.47 Å². The Bertz CT molecular complexity index is 1230. The number of carbonyl (C=O) groups is 1. The van der Waals surface area contributed by atoms with E-state index in [1.807, 2.05) is 4.90 Å². The maximum Gasteiger partial charge on any atom is 0.254 e. The van der Waals surface area contributed by atoms with Gasteiger partial charge in [0.2, 0.25) is 0 Å². The van der Waals surface area contributed by atoms with Crippen molar-refractivity contribution in [3.63, 3.8) is 0 Å². The van der Waals surface area contributed by atoms with Gasteiger partial charge < -0.3 is 19.3 Å². The van der Waals surface area contributed by atoms with Crippen molar-refractivity contribution in [1.82, 2.24) is 9.88 Å². The number of anilines is 1. The predicted molar refractivity (Wildman–Crippen MR) is 120 cm³/mol. The Labute approximate surface area is 184 Å². The fraction of sp³-hybridized carbons (Fsp3) is 0.333. The molecule has 1 aliphatic rings. The van der Waals surface area contributed by atoms with Crippen molar-refractivity contribution in [1.29, 1.82) is 0 Å². The van der Waals surface area contributed by atoms with Crippen LogP contribution < -0.4 is 14.4 Å². The van der Waals surface area contributed by atoms with Crippen molar-refractivity contribution in [2.24, 2.45) is 0 Å². The zero-order chi connectivity index (χ0) is 22.2. The summed E-state index contributed by atoms with van der Waals surface area (Å²) in [5.74, 6) is 1.05. The number of aromatic nitrogens is 1. The number of methoxy groups -OCH3 is 2. The second kappa shape index (κ2) is 8.35. The van der Waals surface area contributed by atoms with Crippen LogP contribution in [0, 0.1) is 0 Å². The average Bonchev–Trinajstić information content (AvgIpc) is 3.21. The number of nitrogens with zero attached hydrogens (tertiary/aromatic N) is 3. The molecule has 0 atom stereocenters. The van der Waals surface area contributed by atoms with Crippen molar-refractivity contribution in [2.75, 3.05) is 51.6 Å². The first-order valence-corrected chi connectivity index (χ1v) is 12.4. The zero-order valence-electron chi connectivity index (χ0n) is 17.5. The molecule has 4 rings (SSSR count). The molecule has 1 saturated heterocycles. The lowest BCUT2D eigenvalue weighted by molar-refractivity contribution is 0.0746. The second-order valence-electron chi connectivity index (χ2n) is 7.25. The summed E-state index contributed by atoms with van der Waals surface area (Å²) in [7, 11) is -0.157. The third kappa shape index (κ3) is 4.31. The van der Waals surface area contributed by atoms with E-state index in [2.05, 4.69) is 9.88 Å². The highest BCUT2D eigenvalue weighted by Crippen LogP contribution is 2.32. The van der Waals surface area contributed by atoms with Crippen LogP contribution in [0.2, 0.25) is 0 Å². The van der Waals surface area contributed by atoms with Crippen molar-refractivity contribution in [3.05, 3.63) is 42.0 Å². The van der Waals surface area contributed by atoms with Gasteiger partial charge in [-0.15, -0.1) is 0 Å². The van der Waals surface area contributed by atoms with Gasteiger partial charge in [-0.2, -0.15) is 0 Å². The van der Waals surface area contributed by atoms with E-state index >= 15 is 0 Å². The summed E-state index contributed by atoms with van der Waals surface area (Å²) >= 11 is 1.47. The number of amides is 1. The largest absolute Gasteiger partial charge is 0.493 e. The van der Waals surface area contributed by atoms with E-state index in [1.165, 1.54) is 17.6 Å². The van der Waals surface area contributed by atoms with E-state index in [9.17, 15) is 13.2 Å². The van der Waals surface area contributed by atoms with Crippen LogP contribution in [0.4, 0.5) is 5.13 Å². The smallest absolute Gasteiger partial charge is 0.254 e. The molecule has 1 aromatic heterocycles. The molecule has 0 unspecified atom stereocenters. The Hall–Kier alpha value is -2.85. The van der Waals surface area contributed by atoms with Crippen LogP contribution in [0.25, 0.3) is 10.2 Å². The summed E-state index contributed by atoms with van der Waals surface area (Å²) in [4.78, 5) is 21.8. The summed E-state index contributed by atoms with van der Waals surface area (Å²) < 4.78 is 35.0. The van der Waals surface area contributed by atoms with Crippen molar-refractivity contribution >= 4 is 42.4 Å². The molecule has 0 aliphatic carbocycles. The summed E-state index contributed by atoms with van der Waals surface area (Å²) in [5, 5.41) is 0.832. The SMILES string of the molecule is COc1ccc(C(=O)N2CCN(c3nc4ccc(S(C)(=O)=O)cc4s3)CC2)cc1OC. The quantitative estimate of drug-likeness (QED) is 0.577. The van der Waals surface area contributed by atoms with Crippen molar-refractivity contribution in [2.45, 2.75) is 4.90 Å². The predicted octanol–water partition coefficient (Wildman–Crippen LogP) is 2.68. The van der Waals surface area contributed by atoms with Crippen LogP contribution in [-0.4, -0.2) is 70.9 Å². The fourth-order valence-electron chi connectivity index (χ4n) is 3.51. The minimum Gasteiger partial charge on any atom is -0.493 e. The summed E-state index contributed by atoms with van der Waals surface area (Å²) in [5.41, 5.74) is 1.33. The van der Waals surface area contributed by atoms with Gasteiger partial charge in [0.1, 0.15) is 0 Å². The topological polar surface area (TPSA) is 89.0 Å². The lowest BCUT2D eigenvalue weighted by atomic mass is 10.1. The molecule has 0 radical (unpaired) electrons. The number of carbonyl (C=O) groups excluding carboxylic acids is 1. The van der Waals surface area contributed by atoms with Crippen LogP contribution in [-0.2, 0) is 9.84 Å². The summed E-state index contributed by atoms with van der Waals surface area (Å²) in [6, 6.07) is 10.2. The van der Waals surface area contributed by atoms with Crippen molar-refractivity contribution in [3.8, 4) is 11.5 Å². The number of thiazole rings is 1. The van der Waals surface area contributed by atoms with Gasteiger partial charge in [0.25, 0.3) is 5.91 Å². The first-order chi connectivity index (χ1) is 14.8. The normalized spacial score (nSPS) is 14.7. The number of sulfone groups is 1. The molecule has 1 aliphatic heterocycles. The van der Waals surface area contributed by atoms with E-state index in [-0.39, 0.29) is 5.91 Å². The molecule has 0 N–H and O–H groups in total. The maximum absolute atomic E-state index is 12.9. The molecule has 0 bridgehead atoms. The third-order valence-electron chi connectivity index (χ3n) is 5.24. The van der Waals surface area contributed by atoms with E-state index in [0.717, 1.165) is 15.3 Å². The number of ether oxygens (including phenoxy) is 2. The number of piperazine rings is 1.